The molecule has 0 aliphatic carbocycles. The van der Waals surface area contributed by atoms with Gasteiger partial charge in [-0.05, 0) is 36.8 Å². The van der Waals surface area contributed by atoms with E-state index in [2.05, 4.69) is 21.2 Å². The highest BCUT2D eigenvalue weighted by Crippen LogP contribution is 2.30. The molecule has 3 rings (SSSR count). The minimum absolute atomic E-state index is 0.198. The average Bonchev–Trinajstić information content (AvgIpc) is 2.80. The third-order valence-electron chi connectivity index (χ3n) is 4.00. The zero-order valence-electron chi connectivity index (χ0n) is 13.2. The minimum Gasteiger partial charge on any atom is -0.492 e. The van der Waals surface area contributed by atoms with Crippen molar-refractivity contribution in [2.75, 3.05) is 13.2 Å². The van der Waals surface area contributed by atoms with Gasteiger partial charge in [-0.15, -0.1) is 0 Å². The van der Waals surface area contributed by atoms with Crippen LogP contribution in [0.4, 0.5) is 4.79 Å². The normalized spacial score (nSPS) is 20.2. The molecule has 2 aromatic rings. The Kier molecular flexibility index (Phi) is 4.57. The predicted molar refractivity (Wildman–Crippen MR) is 93.7 cm³/mol. The van der Waals surface area contributed by atoms with Crippen molar-refractivity contribution in [3.63, 3.8) is 0 Å². The number of hydrogen-bond acceptors (Lipinski definition) is 3. The quantitative estimate of drug-likeness (QED) is 0.799. The van der Waals surface area contributed by atoms with Gasteiger partial charge >= 0.3 is 6.03 Å². The lowest BCUT2D eigenvalue weighted by Gasteiger charge is -2.22. The molecule has 1 fully saturated rings. The van der Waals surface area contributed by atoms with Gasteiger partial charge in [-0.25, -0.2) is 4.79 Å². The number of carbonyl (C=O) groups excluding carboxylic acids is 2. The number of nitrogens with one attached hydrogen (secondary N) is 1. The highest BCUT2D eigenvalue weighted by Gasteiger charge is 2.48. The molecule has 1 aliphatic heterocycles. The number of halogens is 1. The molecule has 1 aliphatic rings. The molecule has 24 heavy (non-hydrogen) atoms. The van der Waals surface area contributed by atoms with Crippen LogP contribution in [0.1, 0.15) is 12.5 Å². The summed E-state index contributed by atoms with van der Waals surface area (Å²) in [5.41, 5.74) is -0.324. The lowest BCUT2D eigenvalue weighted by molar-refractivity contribution is -0.131. The number of hydrogen-bond donors (Lipinski definition) is 1. The number of ether oxygens (including phenoxy) is 1. The van der Waals surface area contributed by atoms with Gasteiger partial charge in [0, 0.05) is 4.47 Å². The second-order valence-corrected chi connectivity index (χ2v) is 6.60. The van der Waals surface area contributed by atoms with Gasteiger partial charge in [-0.1, -0.05) is 46.3 Å². The van der Waals surface area contributed by atoms with Crippen molar-refractivity contribution < 1.29 is 14.3 Å². The number of carbonyl (C=O) groups is 2. The summed E-state index contributed by atoms with van der Waals surface area (Å²) < 4.78 is 6.43. The zero-order valence-corrected chi connectivity index (χ0v) is 14.7. The van der Waals surface area contributed by atoms with Crippen LogP contribution in [0.15, 0.2) is 59.1 Å². The first kappa shape index (κ1) is 16.5. The first-order valence-corrected chi connectivity index (χ1v) is 8.38. The smallest absolute Gasteiger partial charge is 0.325 e. The number of amides is 3. The third-order valence-corrected chi connectivity index (χ3v) is 4.50. The Bertz CT molecular complexity index is 766. The van der Waals surface area contributed by atoms with Crippen molar-refractivity contribution in [1.82, 2.24) is 10.2 Å². The van der Waals surface area contributed by atoms with Gasteiger partial charge in [0.2, 0.25) is 0 Å². The maximum Gasteiger partial charge on any atom is 0.325 e. The molecule has 5 nitrogen and oxygen atoms in total. The largest absolute Gasteiger partial charge is 0.492 e. The molecule has 0 radical (unpaired) electrons. The molecule has 0 spiro atoms. The summed E-state index contributed by atoms with van der Waals surface area (Å²) in [7, 11) is 0. The van der Waals surface area contributed by atoms with Gasteiger partial charge in [0.15, 0.2) is 0 Å². The van der Waals surface area contributed by atoms with Gasteiger partial charge in [0.05, 0.1) is 6.54 Å². The summed E-state index contributed by atoms with van der Waals surface area (Å²) in [6.07, 6.45) is 0. The fourth-order valence-electron chi connectivity index (χ4n) is 2.67. The molecule has 124 valence electrons. The first-order chi connectivity index (χ1) is 11.5. The van der Waals surface area contributed by atoms with E-state index in [1.54, 1.807) is 6.92 Å². The van der Waals surface area contributed by atoms with Crippen LogP contribution in [0.2, 0.25) is 0 Å². The van der Waals surface area contributed by atoms with Crippen LogP contribution in [0, 0.1) is 0 Å². The van der Waals surface area contributed by atoms with E-state index in [9.17, 15) is 9.59 Å². The van der Waals surface area contributed by atoms with Crippen molar-refractivity contribution in [3.8, 4) is 5.75 Å². The van der Waals surface area contributed by atoms with E-state index in [1.165, 1.54) is 4.90 Å². The van der Waals surface area contributed by atoms with Crippen LogP contribution in [0.5, 0.6) is 5.75 Å². The van der Waals surface area contributed by atoms with Crippen LogP contribution in [-0.2, 0) is 10.3 Å². The fourth-order valence-corrected chi connectivity index (χ4v) is 3.07. The Balaban J connectivity index is 1.70. The van der Waals surface area contributed by atoms with Gasteiger partial charge < -0.3 is 10.1 Å². The highest BCUT2D eigenvalue weighted by atomic mass is 79.9. The monoisotopic (exact) mass is 388 g/mol. The predicted octanol–water partition coefficient (Wildman–Crippen LogP) is 3.30. The second kappa shape index (κ2) is 6.65. The lowest BCUT2D eigenvalue weighted by Crippen LogP contribution is -2.41. The first-order valence-electron chi connectivity index (χ1n) is 7.59. The van der Waals surface area contributed by atoms with E-state index in [1.807, 2.05) is 54.6 Å². The van der Waals surface area contributed by atoms with E-state index >= 15 is 0 Å². The molecular formula is C18H17BrN2O3. The van der Waals surface area contributed by atoms with E-state index < -0.39 is 11.6 Å². The van der Waals surface area contributed by atoms with Gasteiger partial charge in [0.1, 0.15) is 17.9 Å². The molecule has 3 amide bonds. The van der Waals surface area contributed by atoms with Crippen LogP contribution in [-0.4, -0.2) is 30.0 Å². The summed E-state index contributed by atoms with van der Waals surface area (Å²) >= 11 is 3.39. The molecule has 1 N–H and O–H groups in total. The van der Waals surface area contributed by atoms with Crippen LogP contribution in [0.3, 0.4) is 0 Å². The maximum atomic E-state index is 12.8. The van der Waals surface area contributed by atoms with Gasteiger partial charge in [0.25, 0.3) is 5.91 Å². The summed E-state index contributed by atoms with van der Waals surface area (Å²) in [4.78, 5) is 26.2. The standard InChI is InChI=1S/C18H17BrN2O3/c1-18(13-6-5-7-14(19)12-13)16(22)21(17(23)20-18)10-11-24-15-8-3-2-4-9-15/h2-9,12H,10-11H2,1H3,(H,20,23)/t18-/m0/s1. The van der Waals surface area contributed by atoms with Gasteiger partial charge in [-0.2, -0.15) is 0 Å². The molecular weight excluding hydrogens is 372 g/mol. The van der Waals surface area contributed by atoms with E-state index in [0.717, 1.165) is 10.0 Å². The summed E-state index contributed by atoms with van der Waals surface area (Å²) in [6, 6.07) is 16.3. The number of nitrogens with zero attached hydrogens (tertiary/aromatic N) is 1. The molecule has 1 atom stereocenters. The lowest BCUT2D eigenvalue weighted by atomic mass is 9.92. The molecule has 1 heterocycles. The molecule has 0 unspecified atom stereocenters. The average molecular weight is 389 g/mol. The fraction of sp³-hybridized carbons (Fsp3) is 0.222. The second-order valence-electron chi connectivity index (χ2n) is 5.68. The number of rotatable bonds is 5. The highest BCUT2D eigenvalue weighted by molar-refractivity contribution is 9.10. The van der Waals surface area contributed by atoms with E-state index in [4.69, 9.17) is 4.74 Å². The Morgan fingerprint density at radius 1 is 1.12 bits per heavy atom. The Morgan fingerprint density at radius 3 is 2.58 bits per heavy atom. The Hall–Kier alpha value is -2.34. The van der Waals surface area contributed by atoms with Crippen LogP contribution < -0.4 is 10.1 Å². The molecule has 0 bridgehead atoms. The number of benzene rings is 2. The number of urea groups is 1. The van der Waals surface area contributed by atoms with Crippen molar-refractivity contribution in [2.45, 2.75) is 12.5 Å². The van der Waals surface area contributed by atoms with Crippen molar-refractivity contribution in [2.24, 2.45) is 0 Å². The van der Waals surface area contributed by atoms with Crippen molar-refractivity contribution >= 4 is 27.9 Å². The molecule has 1 saturated heterocycles. The van der Waals surface area contributed by atoms with Crippen molar-refractivity contribution in [1.29, 1.82) is 0 Å². The van der Waals surface area contributed by atoms with E-state index in [0.29, 0.717) is 5.75 Å². The molecule has 6 heteroatoms. The zero-order chi connectivity index (χ0) is 17.2. The Labute approximate surface area is 148 Å². The van der Waals surface area contributed by atoms with E-state index in [-0.39, 0.29) is 19.1 Å². The number of imide groups is 1. The topological polar surface area (TPSA) is 58.6 Å². The molecule has 0 saturated carbocycles. The van der Waals surface area contributed by atoms with Gasteiger partial charge in [-0.3, -0.25) is 9.69 Å². The minimum atomic E-state index is -1.06. The third kappa shape index (κ3) is 3.14. The summed E-state index contributed by atoms with van der Waals surface area (Å²) in [5.74, 6) is 0.432. The summed E-state index contributed by atoms with van der Waals surface area (Å²) in [5, 5.41) is 2.78. The van der Waals surface area contributed by atoms with Crippen LogP contribution >= 0.6 is 15.9 Å². The number of para-hydroxylation sites is 1. The Morgan fingerprint density at radius 2 is 1.88 bits per heavy atom. The maximum absolute atomic E-state index is 12.8. The van der Waals surface area contributed by atoms with Crippen LogP contribution in [0.25, 0.3) is 0 Å². The molecule has 2 aromatic carbocycles. The summed E-state index contributed by atoms with van der Waals surface area (Å²) in [6.45, 7) is 2.16. The molecule has 0 aromatic heterocycles. The SMILES string of the molecule is C[C@@]1(c2cccc(Br)c2)NC(=O)N(CCOc2ccccc2)C1=O. The van der Waals surface area contributed by atoms with Crippen molar-refractivity contribution in [3.05, 3.63) is 64.6 Å².